The minimum atomic E-state index is -4.31. The largest absolute Gasteiger partial charge is 0.417 e. The number of nitrogens with zero attached hydrogens (tertiary/aromatic N) is 1. The normalized spacial score (nSPS) is 31.1. The van der Waals surface area contributed by atoms with Crippen LogP contribution in [-0.4, -0.2) is 24.1 Å². The summed E-state index contributed by atoms with van der Waals surface area (Å²) in [6.07, 6.45) is -3.44. The average molecular weight is 243 g/mol. The van der Waals surface area contributed by atoms with Gasteiger partial charge in [-0.15, -0.1) is 0 Å². The Morgan fingerprint density at radius 2 is 1.94 bits per heavy atom. The van der Waals surface area contributed by atoms with Crippen LogP contribution in [0.3, 0.4) is 0 Å². The van der Waals surface area contributed by atoms with Crippen molar-refractivity contribution in [2.45, 2.75) is 12.2 Å². The number of halogens is 3. The van der Waals surface area contributed by atoms with Crippen molar-refractivity contribution in [1.29, 1.82) is 0 Å². The van der Waals surface area contributed by atoms with E-state index < -0.39 is 11.7 Å². The van der Waals surface area contributed by atoms with E-state index in [0.717, 1.165) is 25.4 Å². The number of hydrogen-bond donors (Lipinski definition) is 2. The Hall–Kier alpha value is -1.30. The molecule has 0 aromatic carbocycles. The van der Waals surface area contributed by atoms with Gasteiger partial charge < -0.3 is 10.6 Å². The van der Waals surface area contributed by atoms with Crippen molar-refractivity contribution in [3.05, 3.63) is 23.9 Å². The summed E-state index contributed by atoms with van der Waals surface area (Å²) in [4.78, 5) is 3.80. The number of piperidine rings is 1. The second-order valence-corrected chi connectivity index (χ2v) is 4.59. The average Bonchev–Trinajstić information content (AvgIpc) is 2.74. The van der Waals surface area contributed by atoms with Gasteiger partial charge in [0.15, 0.2) is 0 Å². The van der Waals surface area contributed by atoms with E-state index in [0.29, 0.717) is 23.7 Å². The minimum Gasteiger partial charge on any atom is -0.367 e. The number of alkyl halides is 3. The van der Waals surface area contributed by atoms with Crippen LogP contribution >= 0.6 is 0 Å². The molecule has 1 saturated heterocycles. The number of aromatic nitrogens is 1. The lowest BCUT2D eigenvalue weighted by Gasteiger charge is -2.10. The topological polar surface area (TPSA) is 37.0 Å². The van der Waals surface area contributed by atoms with Gasteiger partial charge in [0.25, 0.3) is 0 Å². The fourth-order valence-corrected chi connectivity index (χ4v) is 2.45. The molecule has 0 amide bonds. The van der Waals surface area contributed by atoms with Crippen LogP contribution in [0.25, 0.3) is 0 Å². The molecule has 2 atom stereocenters. The van der Waals surface area contributed by atoms with E-state index in [9.17, 15) is 13.2 Å². The minimum absolute atomic E-state index is 0.375. The Labute approximate surface area is 96.4 Å². The van der Waals surface area contributed by atoms with Crippen LogP contribution in [0.5, 0.6) is 0 Å². The molecular formula is C11H12F3N3. The zero-order valence-corrected chi connectivity index (χ0v) is 8.96. The van der Waals surface area contributed by atoms with Gasteiger partial charge in [-0.1, -0.05) is 0 Å². The molecule has 2 heterocycles. The first kappa shape index (κ1) is 10.8. The van der Waals surface area contributed by atoms with Gasteiger partial charge in [-0.2, -0.15) is 13.2 Å². The summed E-state index contributed by atoms with van der Waals surface area (Å²) < 4.78 is 36.9. The Morgan fingerprint density at radius 3 is 2.47 bits per heavy atom. The molecule has 1 saturated carbocycles. The summed E-state index contributed by atoms with van der Waals surface area (Å²) in [5.74, 6) is 1.75. The fraction of sp³-hybridized carbons (Fsp3) is 0.545. The van der Waals surface area contributed by atoms with Crippen molar-refractivity contribution in [2.24, 2.45) is 11.8 Å². The van der Waals surface area contributed by atoms with Gasteiger partial charge in [-0.25, -0.2) is 4.98 Å². The first-order chi connectivity index (χ1) is 8.05. The molecule has 92 valence electrons. The van der Waals surface area contributed by atoms with Crippen LogP contribution < -0.4 is 10.6 Å². The molecule has 2 fully saturated rings. The molecule has 2 N–H and O–H groups in total. The number of nitrogens with one attached hydrogen (secondary N) is 2. The van der Waals surface area contributed by atoms with Crippen LogP contribution in [-0.2, 0) is 6.18 Å². The van der Waals surface area contributed by atoms with Gasteiger partial charge >= 0.3 is 6.18 Å². The van der Waals surface area contributed by atoms with Crippen molar-refractivity contribution >= 4 is 5.82 Å². The van der Waals surface area contributed by atoms with Crippen LogP contribution in [0, 0.1) is 11.8 Å². The predicted molar refractivity (Wildman–Crippen MR) is 56.5 cm³/mol. The lowest BCUT2D eigenvalue weighted by Crippen LogP contribution is -2.21. The first-order valence-electron chi connectivity index (χ1n) is 5.56. The Bertz CT molecular complexity index is 405. The number of anilines is 1. The molecule has 0 bridgehead atoms. The monoisotopic (exact) mass is 243 g/mol. The van der Waals surface area contributed by atoms with Crippen molar-refractivity contribution in [3.8, 4) is 0 Å². The molecule has 1 aromatic heterocycles. The highest BCUT2D eigenvalue weighted by Gasteiger charge is 2.53. The number of rotatable bonds is 2. The van der Waals surface area contributed by atoms with E-state index in [4.69, 9.17) is 0 Å². The molecule has 2 unspecified atom stereocenters. The number of pyridine rings is 1. The SMILES string of the molecule is FC(F)(F)c1ccc(NC2C3CNCC32)nc1. The van der Waals surface area contributed by atoms with Gasteiger partial charge in [0, 0.05) is 25.3 Å². The van der Waals surface area contributed by atoms with Crippen molar-refractivity contribution in [3.63, 3.8) is 0 Å². The fourth-order valence-electron chi connectivity index (χ4n) is 2.45. The van der Waals surface area contributed by atoms with Gasteiger partial charge in [0.05, 0.1) is 5.56 Å². The van der Waals surface area contributed by atoms with Gasteiger partial charge in [0.2, 0.25) is 0 Å². The van der Waals surface area contributed by atoms with Crippen LogP contribution in [0.2, 0.25) is 0 Å². The van der Waals surface area contributed by atoms with E-state index in [2.05, 4.69) is 15.6 Å². The van der Waals surface area contributed by atoms with E-state index in [1.54, 1.807) is 0 Å². The Kier molecular flexibility index (Phi) is 2.29. The molecule has 2 aliphatic rings. The molecule has 3 rings (SSSR count). The quantitative estimate of drug-likeness (QED) is 0.830. The third-order valence-corrected chi connectivity index (χ3v) is 3.50. The summed E-state index contributed by atoms with van der Waals surface area (Å²) in [6, 6.07) is 2.83. The molecular weight excluding hydrogens is 231 g/mol. The summed E-state index contributed by atoms with van der Waals surface area (Å²) >= 11 is 0. The van der Waals surface area contributed by atoms with E-state index >= 15 is 0 Å². The van der Waals surface area contributed by atoms with Crippen LogP contribution in [0.15, 0.2) is 18.3 Å². The summed E-state index contributed by atoms with van der Waals surface area (Å²) in [5, 5.41) is 6.44. The maximum Gasteiger partial charge on any atom is 0.417 e. The summed E-state index contributed by atoms with van der Waals surface area (Å²) in [6.45, 7) is 1.98. The highest BCUT2D eigenvalue weighted by atomic mass is 19.4. The highest BCUT2D eigenvalue weighted by molar-refractivity contribution is 5.40. The second-order valence-electron chi connectivity index (χ2n) is 4.59. The van der Waals surface area contributed by atoms with E-state index in [1.165, 1.54) is 6.07 Å². The molecule has 3 nitrogen and oxygen atoms in total. The third kappa shape index (κ3) is 1.97. The molecule has 0 spiro atoms. The van der Waals surface area contributed by atoms with Crippen molar-refractivity contribution in [2.75, 3.05) is 18.4 Å². The first-order valence-corrected chi connectivity index (χ1v) is 5.56. The molecule has 1 aliphatic carbocycles. The summed E-state index contributed by atoms with van der Waals surface area (Å²) in [7, 11) is 0. The van der Waals surface area contributed by atoms with Crippen LogP contribution in [0.1, 0.15) is 5.56 Å². The molecule has 1 aromatic rings. The predicted octanol–water partition coefficient (Wildman–Crippen LogP) is 1.73. The Morgan fingerprint density at radius 1 is 1.24 bits per heavy atom. The zero-order chi connectivity index (χ0) is 12.0. The van der Waals surface area contributed by atoms with Crippen LogP contribution in [0.4, 0.5) is 19.0 Å². The standard InChI is InChI=1S/C11H12F3N3/c12-11(13,14)6-1-2-9(16-3-6)17-10-7-4-15-5-8(7)10/h1-3,7-8,10,15H,4-5H2,(H,16,17). The van der Waals surface area contributed by atoms with Gasteiger partial charge in [-0.3, -0.25) is 0 Å². The van der Waals surface area contributed by atoms with Gasteiger partial charge in [0.1, 0.15) is 5.82 Å². The lowest BCUT2D eigenvalue weighted by molar-refractivity contribution is -0.137. The van der Waals surface area contributed by atoms with Gasteiger partial charge in [-0.05, 0) is 24.0 Å². The van der Waals surface area contributed by atoms with E-state index in [-0.39, 0.29) is 0 Å². The lowest BCUT2D eigenvalue weighted by atomic mass is 10.3. The zero-order valence-electron chi connectivity index (χ0n) is 8.96. The number of hydrogen-bond acceptors (Lipinski definition) is 3. The second kappa shape index (κ2) is 3.60. The maximum atomic E-state index is 12.3. The molecule has 1 aliphatic heterocycles. The van der Waals surface area contributed by atoms with E-state index in [1.807, 2.05) is 0 Å². The molecule has 0 radical (unpaired) electrons. The Balaban J connectivity index is 1.65. The molecule has 17 heavy (non-hydrogen) atoms. The number of fused-ring (bicyclic) bond motifs is 1. The molecule has 6 heteroatoms. The highest BCUT2D eigenvalue weighted by Crippen LogP contribution is 2.43. The smallest absolute Gasteiger partial charge is 0.367 e. The maximum absolute atomic E-state index is 12.3. The third-order valence-electron chi connectivity index (χ3n) is 3.50. The van der Waals surface area contributed by atoms with Crippen molar-refractivity contribution in [1.82, 2.24) is 10.3 Å². The van der Waals surface area contributed by atoms with Crippen molar-refractivity contribution < 1.29 is 13.2 Å². The summed E-state index contributed by atoms with van der Waals surface area (Å²) in [5.41, 5.74) is -0.708.